The average Bonchev–Trinajstić information content (AvgIpc) is 2.26. The van der Waals surface area contributed by atoms with Crippen molar-refractivity contribution in [1.82, 2.24) is 10.3 Å². The molecule has 1 heterocycles. The fraction of sp³-hybridized carbons (Fsp3) is 0.500. The summed E-state index contributed by atoms with van der Waals surface area (Å²) in [5.41, 5.74) is 0. The molecule has 0 aliphatic heterocycles. The topological polar surface area (TPSA) is 54.0 Å². The Morgan fingerprint density at radius 2 is 2.24 bits per heavy atom. The first kappa shape index (κ1) is 13.8. The Morgan fingerprint density at radius 1 is 1.47 bits per heavy atom. The largest absolute Gasteiger partial charge is 0.370 e. The fourth-order valence-corrected chi connectivity index (χ4v) is 1.38. The van der Waals surface area contributed by atoms with Crippen LogP contribution in [0.4, 0.5) is 5.82 Å². The highest BCUT2D eigenvalue weighted by Crippen LogP contribution is 2.08. The van der Waals surface area contributed by atoms with E-state index in [0.717, 1.165) is 0 Å². The first-order valence-corrected chi connectivity index (χ1v) is 6.09. The summed E-state index contributed by atoms with van der Waals surface area (Å²) in [4.78, 5) is 15.5. The van der Waals surface area contributed by atoms with Crippen molar-refractivity contribution in [2.75, 3.05) is 18.4 Å². The number of nitrogens with zero attached hydrogens (tertiary/aromatic N) is 1. The van der Waals surface area contributed by atoms with Crippen LogP contribution in [0.2, 0.25) is 5.15 Å². The molecule has 94 valence electrons. The lowest BCUT2D eigenvalue weighted by Gasteiger charge is -2.08. The summed E-state index contributed by atoms with van der Waals surface area (Å²) in [6, 6.07) is 5.34. The number of amides is 1. The smallest absolute Gasteiger partial charge is 0.221 e. The van der Waals surface area contributed by atoms with Gasteiger partial charge in [-0.05, 0) is 18.1 Å². The lowest BCUT2D eigenvalue weighted by Crippen LogP contribution is -2.28. The van der Waals surface area contributed by atoms with Gasteiger partial charge in [0.15, 0.2) is 0 Å². The lowest BCUT2D eigenvalue weighted by molar-refractivity contribution is -0.120. The van der Waals surface area contributed by atoms with Gasteiger partial charge in [-0.1, -0.05) is 31.5 Å². The number of halogens is 1. The lowest BCUT2D eigenvalue weighted by atomic mass is 10.2. The van der Waals surface area contributed by atoms with Crippen LogP contribution in [0.5, 0.6) is 0 Å². The van der Waals surface area contributed by atoms with Crippen molar-refractivity contribution in [3.63, 3.8) is 0 Å². The van der Waals surface area contributed by atoms with Gasteiger partial charge in [0.25, 0.3) is 0 Å². The van der Waals surface area contributed by atoms with Crippen LogP contribution in [0.25, 0.3) is 0 Å². The van der Waals surface area contributed by atoms with Gasteiger partial charge in [0.2, 0.25) is 5.91 Å². The van der Waals surface area contributed by atoms with Crippen molar-refractivity contribution in [3.8, 4) is 0 Å². The molecule has 1 aromatic rings. The summed E-state index contributed by atoms with van der Waals surface area (Å²) in [6.45, 7) is 5.40. The second-order valence-electron chi connectivity index (χ2n) is 4.22. The second-order valence-corrected chi connectivity index (χ2v) is 4.61. The normalized spacial score (nSPS) is 10.4. The quantitative estimate of drug-likeness (QED) is 0.767. The predicted octanol–water partition coefficient (Wildman–Crippen LogP) is 2.31. The van der Waals surface area contributed by atoms with E-state index in [1.54, 1.807) is 6.07 Å². The van der Waals surface area contributed by atoms with Crippen molar-refractivity contribution >= 4 is 23.3 Å². The molecule has 0 atom stereocenters. The highest BCUT2D eigenvalue weighted by atomic mass is 35.5. The van der Waals surface area contributed by atoms with Crippen LogP contribution in [-0.2, 0) is 4.79 Å². The minimum Gasteiger partial charge on any atom is -0.370 e. The van der Waals surface area contributed by atoms with E-state index in [1.165, 1.54) is 0 Å². The molecule has 2 N–H and O–H groups in total. The molecule has 5 heteroatoms. The molecular formula is C12H18ClN3O. The second kappa shape index (κ2) is 7.12. The zero-order chi connectivity index (χ0) is 12.7. The maximum atomic E-state index is 11.4. The van der Waals surface area contributed by atoms with E-state index >= 15 is 0 Å². The van der Waals surface area contributed by atoms with Crippen molar-refractivity contribution in [3.05, 3.63) is 23.4 Å². The molecule has 0 aliphatic carbocycles. The molecule has 0 aromatic carbocycles. The zero-order valence-corrected chi connectivity index (χ0v) is 10.9. The standard InChI is InChI=1S/C12H18ClN3O/c1-9(2)8-15-12(17)6-7-14-11-5-3-4-10(13)16-11/h3-5,9H,6-8H2,1-2H3,(H,14,16)(H,15,17). The first-order chi connectivity index (χ1) is 8.08. The van der Waals surface area contributed by atoms with Gasteiger partial charge in [0.1, 0.15) is 11.0 Å². The molecule has 0 unspecified atom stereocenters. The van der Waals surface area contributed by atoms with Crippen LogP contribution >= 0.6 is 11.6 Å². The number of rotatable bonds is 6. The Bertz CT molecular complexity index is 369. The van der Waals surface area contributed by atoms with E-state index in [1.807, 2.05) is 12.1 Å². The molecule has 0 radical (unpaired) electrons. The molecule has 0 fully saturated rings. The van der Waals surface area contributed by atoms with Gasteiger partial charge in [-0.25, -0.2) is 4.98 Å². The fourth-order valence-electron chi connectivity index (χ4n) is 1.22. The van der Waals surface area contributed by atoms with E-state index in [2.05, 4.69) is 29.5 Å². The van der Waals surface area contributed by atoms with E-state index in [9.17, 15) is 4.79 Å². The third-order valence-electron chi connectivity index (χ3n) is 2.08. The summed E-state index contributed by atoms with van der Waals surface area (Å²) in [7, 11) is 0. The van der Waals surface area contributed by atoms with Crippen molar-refractivity contribution < 1.29 is 4.79 Å². The van der Waals surface area contributed by atoms with E-state index in [-0.39, 0.29) is 5.91 Å². The van der Waals surface area contributed by atoms with Gasteiger partial charge >= 0.3 is 0 Å². The van der Waals surface area contributed by atoms with Crippen LogP contribution in [0.3, 0.4) is 0 Å². The maximum Gasteiger partial charge on any atom is 0.221 e. The minimum absolute atomic E-state index is 0.0493. The monoisotopic (exact) mass is 255 g/mol. The molecule has 0 saturated carbocycles. The van der Waals surface area contributed by atoms with Crippen LogP contribution in [0.1, 0.15) is 20.3 Å². The molecule has 0 bridgehead atoms. The summed E-state index contributed by atoms with van der Waals surface area (Å²) < 4.78 is 0. The number of aromatic nitrogens is 1. The number of hydrogen-bond acceptors (Lipinski definition) is 3. The van der Waals surface area contributed by atoms with Crippen molar-refractivity contribution in [1.29, 1.82) is 0 Å². The van der Waals surface area contributed by atoms with E-state index in [0.29, 0.717) is 36.4 Å². The van der Waals surface area contributed by atoms with Crippen LogP contribution in [0, 0.1) is 5.92 Å². The van der Waals surface area contributed by atoms with Gasteiger partial charge < -0.3 is 10.6 Å². The van der Waals surface area contributed by atoms with Crippen LogP contribution < -0.4 is 10.6 Å². The zero-order valence-electron chi connectivity index (χ0n) is 10.2. The molecule has 0 spiro atoms. The van der Waals surface area contributed by atoms with Crippen LogP contribution in [-0.4, -0.2) is 24.0 Å². The van der Waals surface area contributed by atoms with Crippen molar-refractivity contribution in [2.45, 2.75) is 20.3 Å². The first-order valence-electron chi connectivity index (χ1n) is 5.71. The van der Waals surface area contributed by atoms with Gasteiger partial charge in [-0.2, -0.15) is 0 Å². The number of carbonyl (C=O) groups excluding carboxylic acids is 1. The molecule has 1 aromatic heterocycles. The number of nitrogens with one attached hydrogen (secondary N) is 2. The molecule has 17 heavy (non-hydrogen) atoms. The van der Waals surface area contributed by atoms with Crippen LogP contribution in [0.15, 0.2) is 18.2 Å². The van der Waals surface area contributed by atoms with Gasteiger partial charge in [-0.3, -0.25) is 4.79 Å². The summed E-state index contributed by atoms with van der Waals surface area (Å²) in [5.74, 6) is 1.21. The summed E-state index contributed by atoms with van der Waals surface area (Å²) >= 11 is 5.74. The Morgan fingerprint density at radius 3 is 2.88 bits per heavy atom. The van der Waals surface area contributed by atoms with E-state index < -0.39 is 0 Å². The third-order valence-corrected chi connectivity index (χ3v) is 2.29. The van der Waals surface area contributed by atoms with Gasteiger partial charge in [0.05, 0.1) is 0 Å². The summed E-state index contributed by atoms with van der Waals surface area (Å²) in [6.07, 6.45) is 0.431. The number of hydrogen-bond donors (Lipinski definition) is 2. The molecular weight excluding hydrogens is 238 g/mol. The Hall–Kier alpha value is -1.29. The SMILES string of the molecule is CC(C)CNC(=O)CCNc1cccc(Cl)n1. The van der Waals surface area contributed by atoms with Crippen molar-refractivity contribution in [2.24, 2.45) is 5.92 Å². The number of anilines is 1. The Labute approximate surface area is 107 Å². The van der Waals surface area contributed by atoms with E-state index in [4.69, 9.17) is 11.6 Å². The van der Waals surface area contributed by atoms with Gasteiger partial charge in [0, 0.05) is 19.5 Å². The average molecular weight is 256 g/mol. The molecule has 1 rings (SSSR count). The molecule has 4 nitrogen and oxygen atoms in total. The highest BCUT2D eigenvalue weighted by Gasteiger charge is 2.02. The minimum atomic E-state index is 0.0493. The number of carbonyl (C=O) groups is 1. The molecule has 1 amide bonds. The molecule has 0 saturated heterocycles. The summed E-state index contributed by atoms with van der Waals surface area (Å²) in [5, 5.41) is 6.35. The third kappa shape index (κ3) is 6.12. The van der Waals surface area contributed by atoms with Gasteiger partial charge in [-0.15, -0.1) is 0 Å². The highest BCUT2D eigenvalue weighted by molar-refractivity contribution is 6.29. The number of pyridine rings is 1. The molecule has 0 aliphatic rings. The Balaban J connectivity index is 2.21. The Kier molecular flexibility index (Phi) is 5.77. The predicted molar refractivity (Wildman–Crippen MR) is 70.2 cm³/mol. The maximum absolute atomic E-state index is 11.4.